The van der Waals surface area contributed by atoms with Crippen LogP contribution in [0.15, 0.2) is 24.3 Å². The molecule has 2 heterocycles. The van der Waals surface area contributed by atoms with Gasteiger partial charge in [-0.25, -0.2) is 4.98 Å². The van der Waals surface area contributed by atoms with Crippen LogP contribution in [-0.2, 0) is 7.59 Å². The standard InChI is InChI=1S/C18H19Cl6N5O/c19-17(20,21)13-4-2-12(3-5-13)14-25-15(18(22,23)24)27-16(26-14)29-7-1-6-28(8-9-29)10-11-30/h2-5,30H,1,6-11H2. The molecular formula is C18H19Cl6N5O. The number of benzene rings is 1. The molecule has 0 atom stereocenters. The van der Waals surface area contributed by atoms with Crippen LogP contribution in [0.2, 0.25) is 0 Å². The summed E-state index contributed by atoms with van der Waals surface area (Å²) in [6, 6.07) is 6.84. The van der Waals surface area contributed by atoms with Crippen molar-refractivity contribution in [2.24, 2.45) is 0 Å². The maximum absolute atomic E-state index is 9.19. The summed E-state index contributed by atoms with van der Waals surface area (Å²) >= 11 is 36.0. The Morgan fingerprint density at radius 1 is 0.833 bits per heavy atom. The van der Waals surface area contributed by atoms with Gasteiger partial charge in [-0.1, -0.05) is 93.9 Å². The van der Waals surface area contributed by atoms with E-state index in [2.05, 4.69) is 19.9 Å². The lowest BCUT2D eigenvalue weighted by Crippen LogP contribution is -2.33. The molecule has 0 aliphatic carbocycles. The van der Waals surface area contributed by atoms with E-state index in [-0.39, 0.29) is 12.4 Å². The Hall–Kier alpha value is -0.310. The quantitative estimate of drug-likeness (QED) is 0.575. The second-order valence-electron chi connectivity index (χ2n) is 6.76. The van der Waals surface area contributed by atoms with Crippen molar-refractivity contribution >= 4 is 75.6 Å². The Kier molecular flexibility index (Phi) is 8.19. The van der Waals surface area contributed by atoms with E-state index in [1.807, 2.05) is 4.90 Å². The zero-order valence-corrected chi connectivity index (χ0v) is 20.2. The fourth-order valence-corrected chi connectivity index (χ4v) is 3.74. The van der Waals surface area contributed by atoms with Crippen LogP contribution < -0.4 is 4.90 Å². The van der Waals surface area contributed by atoms with Gasteiger partial charge in [0.15, 0.2) is 11.6 Å². The Morgan fingerprint density at radius 3 is 2.13 bits per heavy atom. The van der Waals surface area contributed by atoms with Crippen molar-refractivity contribution in [3.05, 3.63) is 35.7 Å². The van der Waals surface area contributed by atoms with Gasteiger partial charge >= 0.3 is 0 Å². The third-order valence-corrected chi connectivity index (χ3v) is 5.80. The van der Waals surface area contributed by atoms with Crippen LogP contribution in [0.25, 0.3) is 11.4 Å². The molecule has 0 unspecified atom stereocenters. The van der Waals surface area contributed by atoms with Gasteiger partial charge in [-0.3, -0.25) is 4.90 Å². The molecule has 1 fully saturated rings. The van der Waals surface area contributed by atoms with E-state index in [1.54, 1.807) is 24.3 Å². The fourth-order valence-electron chi connectivity index (χ4n) is 3.11. The van der Waals surface area contributed by atoms with E-state index in [0.717, 1.165) is 26.1 Å². The minimum Gasteiger partial charge on any atom is -0.395 e. The Morgan fingerprint density at radius 2 is 1.53 bits per heavy atom. The first-order valence-corrected chi connectivity index (χ1v) is 11.4. The van der Waals surface area contributed by atoms with E-state index in [1.165, 1.54) is 0 Å². The summed E-state index contributed by atoms with van der Waals surface area (Å²) in [7, 11) is 0. The maximum atomic E-state index is 9.19. The molecule has 12 heteroatoms. The molecule has 30 heavy (non-hydrogen) atoms. The number of β-amino-alcohol motifs (C(OH)–C–C–N with tert-alkyl or cyclic N) is 1. The molecule has 1 aliphatic rings. The summed E-state index contributed by atoms with van der Waals surface area (Å²) in [6.07, 6.45) is 0.891. The molecule has 2 aromatic rings. The number of rotatable bonds is 4. The molecule has 1 saturated heterocycles. The maximum Gasteiger partial charge on any atom is 0.250 e. The Labute approximate surface area is 205 Å². The molecule has 164 valence electrons. The predicted octanol–water partition coefficient (Wildman–Crippen LogP) is 4.70. The Balaban J connectivity index is 1.95. The minimum absolute atomic E-state index is 0.0365. The van der Waals surface area contributed by atoms with Crippen LogP contribution in [0.4, 0.5) is 5.95 Å². The van der Waals surface area contributed by atoms with Crippen molar-refractivity contribution in [2.75, 3.05) is 44.2 Å². The number of aliphatic hydroxyl groups excluding tert-OH is 1. The average molecular weight is 534 g/mol. The van der Waals surface area contributed by atoms with Crippen LogP contribution in [0.3, 0.4) is 0 Å². The van der Waals surface area contributed by atoms with E-state index in [9.17, 15) is 5.11 Å². The first-order valence-electron chi connectivity index (χ1n) is 9.17. The van der Waals surface area contributed by atoms with E-state index < -0.39 is 7.59 Å². The number of aromatic nitrogens is 3. The van der Waals surface area contributed by atoms with Gasteiger partial charge in [-0.2, -0.15) is 9.97 Å². The summed E-state index contributed by atoms with van der Waals surface area (Å²) in [4.78, 5) is 17.6. The number of hydrogen-bond donors (Lipinski definition) is 1. The monoisotopic (exact) mass is 531 g/mol. The lowest BCUT2D eigenvalue weighted by atomic mass is 10.1. The third-order valence-electron chi connectivity index (χ3n) is 4.64. The molecule has 1 N–H and O–H groups in total. The lowest BCUT2D eigenvalue weighted by molar-refractivity contribution is 0.204. The minimum atomic E-state index is -1.81. The van der Waals surface area contributed by atoms with Gasteiger partial charge in [-0.15, -0.1) is 0 Å². The first kappa shape index (κ1) is 24.3. The highest BCUT2D eigenvalue weighted by molar-refractivity contribution is 6.67. The van der Waals surface area contributed by atoms with Crippen LogP contribution in [0, 0.1) is 0 Å². The summed E-state index contributed by atoms with van der Waals surface area (Å²) in [5, 5.41) is 9.19. The number of aliphatic hydroxyl groups is 1. The average Bonchev–Trinajstić information content (AvgIpc) is 2.92. The molecule has 0 saturated carbocycles. The molecule has 1 aliphatic heterocycles. The van der Waals surface area contributed by atoms with Crippen molar-refractivity contribution in [3.63, 3.8) is 0 Å². The molecule has 0 radical (unpaired) electrons. The van der Waals surface area contributed by atoms with Crippen LogP contribution in [0.5, 0.6) is 0 Å². The van der Waals surface area contributed by atoms with Crippen LogP contribution >= 0.6 is 69.6 Å². The fraction of sp³-hybridized carbons (Fsp3) is 0.500. The Bertz CT molecular complexity index is 856. The summed E-state index contributed by atoms with van der Waals surface area (Å²) in [6.45, 7) is 3.81. The molecule has 0 spiro atoms. The highest BCUT2D eigenvalue weighted by Crippen LogP contribution is 2.39. The van der Waals surface area contributed by atoms with Gasteiger partial charge < -0.3 is 10.0 Å². The molecule has 6 nitrogen and oxygen atoms in total. The second-order valence-corrected chi connectivity index (χ2v) is 11.3. The van der Waals surface area contributed by atoms with E-state index >= 15 is 0 Å². The smallest absolute Gasteiger partial charge is 0.250 e. The van der Waals surface area contributed by atoms with Gasteiger partial charge in [0.2, 0.25) is 13.5 Å². The van der Waals surface area contributed by atoms with Gasteiger partial charge in [0.1, 0.15) is 0 Å². The summed E-state index contributed by atoms with van der Waals surface area (Å²) in [5.74, 6) is 0.820. The highest BCUT2D eigenvalue weighted by Gasteiger charge is 2.30. The predicted molar refractivity (Wildman–Crippen MR) is 124 cm³/mol. The molecule has 3 rings (SSSR count). The van der Waals surface area contributed by atoms with Gasteiger partial charge in [0, 0.05) is 37.3 Å². The number of hydrogen-bond acceptors (Lipinski definition) is 6. The molecule has 1 aromatic carbocycles. The first-order chi connectivity index (χ1) is 14.1. The summed E-state index contributed by atoms with van der Waals surface area (Å²) < 4.78 is -3.34. The largest absolute Gasteiger partial charge is 0.395 e. The number of nitrogens with zero attached hydrogens (tertiary/aromatic N) is 5. The van der Waals surface area contributed by atoms with E-state index in [0.29, 0.717) is 36.0 Å². The highest BCUT2D eigenvalue weighted by atomic mass is 35.6. The molecule has 0 amide bonds. The normalized spacial score (nSPS) is 16.6. The van der Waals surface area contributed by atoms with Gasteiger partial charge in [0.05, 0.1) is 6.61 Å². The lowest BCUT2D eigenvalue weighted by Gasteiger charge is -2.23. The number of anilines is 1. The number of alkyl halides is 6. The SMILES string of the molecule is OCCN1CCCN(c2nc(-c3ccc(C(Cl)(Cl)Cl)cc3)nc(C(Cl)(Cl)Cl)n2)CC1. The molecule has 1 aromatic heterocycles. The summed E-state index contributed by atoms with van der Waals surface area (Å²) in [5.41, 5.74) is 1.19. The van der Waals surface area contributed by atoms with Gasteiger partial charge in [0.25, 0.3) is 0 Å². The van der Waals surface area contributed by atoms with Crippen molar-refractivity contribution in [1.29, 1.82) is 0 Å². The van der Waals surface area contributed by atoms with Crippen molar-refractivity contribution in [1.82, 2.24) is 19.9 Å². The van der Waals surface area contributed by atoms with Crippen LogP contribution in [-0.4, -0.2) is 64.3 Å². The second kappa shape index (κ2) is 10.1. The van der Waals surface area contributed by atoms with Crippen molar-refractivity contribution in [2.45, 2.75) is 14.0 Å². The topological polar surface area (TPSA) is 65.4 Å². The molecular weight excluding hydrogens is 515 g/mol. The van der Waals surface area contributed by atoms with Crippen molar-refractivity contribution in [3.8, 4) is 11.4 Å². The van der Waals surface area contributed by atoms with Crippen molar-refractivity contribution < 1.29 is 5.11 Å². The number of halogens is 6. The zero-order chi connectivity index (χ0) is 21.9. The van der Waals surface area contributed by atoms with Gasteiger partial charge in [-0.05, 0) is 13.0 Å². The van der Waals surface area contributed by atoms with E-state index in [4.69, 9.17) is 69.6 Å². The molecule has 0 bridgehead atoms. The van der Waals surface area contributed by atoms with Crippen LogP contribution in [0.1, 0.15) is 17.8 Å². The zero-order valence-electron chi connectivity index (χ0n) is 15.7. The third kappa shape index (κ3) is 6.36.